The van der Waals surface area contributed by atoms with E-state index in [1.54, 1.807) is 0 Å². The first-order valence-electron chi connectivity index (χ1n) is 9.69. The highest BCUT2D eigenvalue weighted by Gasteiger charge is 2.17. The first-order chi connectivity index (χ1) is 11.9. The van der Waals surface area contributed by atoms with Crippen LogP contribution < -0.4 is 5.32 Å². The minimum Gasteiger partial charge on any atom is -0.366 e. The van der Waals surface area contributed by atoms with E-state index >= 15 is 0 Å². The zero-order valence-corrected chi connectivity index (χ0v) is 17.0. The van der Waals surface area contributed by atoms with Crippen LogP contribution in [0.1, 0.15) is 68.6 Å². The van der Waals surface area contributed by atoms with E-state index in [0.717, 1.165) is 48.6 Å². The Morgan fingerprint density at radius 1 is 0.800 bits per heavy atom. The lowest BCUT2D eigenvalue weighted by molar-refractivity contribution is 0.665. The summed E-state index contributed by atoms with van der Waals surface area (Å²) >= 11 is 0. The molecule has 0 atom stereocenters. The predicted octanol–water partition coefficient (Wildman–Crippen LogP) is 5.79. The summed E-state index contributed by atoms with van der Waals surface area (Å²) in [6, 6.07) is 4.98. The van der Waals surface area contributed by atoms with Crippen LogP contribution in [0.5, 0.6) is 0 Å². The molecule has 1 heterocycles. The summed E-state index contributed by atoms with van der Waals surface area (Å²) in [6.45, 7) is 15.3. The third-order valence-corrected chi connectivity index (χ3v) is 5.13. The molecule has 0 saturated heterocycles. The van der Waals surface area contributed by atoms with E-state index in [1.165, 1.54) is 22.3 Å². The summed E-state index contributed by atoms with van der Waals surface area (Å²) in [7, 11) is 0. The number of rotatable bonds is 7. The van der Waals surface area contributed by atoms with E-state index < -0.39 is 0 Å². The summed E-state index contributed by atoms with van der Waals surface area (Å²) in [5, 5.41) is 3.61. The minimum absolute atomic E-state index is 0.457. The second-order valence-electron chi connectivity index (χ2n) is 6.93. The van der Waals surface area contributed by atoms with Gasteiger partial charge in [-0.1, -0.05) is 33.8 Å². The second kappa shape index (κ2) is 8.46. The van der Waals surface area contributed by atoms with Crippen molar-refractivity contribution in [2.75, 3.05) is 5.32 Å². The molecule has 3 heteroatoms. The maximum atomic E-state index is 5.06. The number of aromatic nitrogens is 2. The van der Waals surface area contributed by atoms with Crippen molar-refractivity contribution in [1.82, 2.24) is 9.97 Å². The van der Waals surface area contributed by atoms with Gasteiger partial charge in [-0.25, -0.2) is 9.97 Å². The molecule has 1 aromatic heterocycles. The molecule has 2 rings (SSSR count). The van der Waals surface area contributed by atoms with Crippen LogP contribution in [-0.4, -0.2) is 16.0 Å². The highest BCUT2D eigenvalue weighted by atomic mass is 15.0. The zero-order chi connectivity index (χ0) is 18.6. The van der Waals surface area contributed by atoms with Crippen molar-refractivity contribution in [3.63, 3.8) is 0 Å². The van der Waals surface area contributed by atoms with Gasteiger partial charge in [-0.3, -0.25) is 0 Å². The maximum Gasteiger partial charge on any atom is 0.148 e. The number of anilines is 1. The smallest absolute Gasteiger partial charge is 0.148 e. The Kier molecular flexibility index (Phi) is 6.57. The molecule has 25 heavy (non-hydrogen) atoms. The standard InChI is InChI=1S/C22H33N3/c1-8-17(9-2)23-22-20(11-4)24-21(19(10-3)25-22)18-13-15(6)14(5)12-16(18)7/h12-13,17H,8-11H2,1-7H3,(H,23,25). The van der Waals surface area contributed by atoms with Gasteiger partial charge in [0.25, 0.3) is 0 Å². The summed E-state index contributed by atoms with van der Waals surface area (Å²) in [5.41, 5.74) is 8.33. The lowest BCUT2D eigenvalue weighted by Gasteiger charge is -2.20. The molecule has 0 radical (unpaired) electrons. The van der Waals surface area contributed by atoms with E-state index in [0.29, 0.717) is 6.04 Å². The summed E-state index contributed by atoms with van der Waals surface area (Å²) in [4.78, 5) is 10.1. The summed E-state index contributed by atoms with van der Waals surface area (Å²) in [6.07, 6.45) is 3.97. The van der Waals surface area contributed by atoms with Crippen molar-refractivity contribution in [2.24, 2.45) is 0 Å². The molecular formula is C22H33N3. The first-order valence-corrected chi connectivity index (χ1v) is 9.69. The average Bonchev–Trinajstić information content (AvgIpc) is 2.62. The Bertz CT molecular complexity index is 731. The van der Waals surface area contributed by atoms with Gasteiger partial charge in [0.05, 0.1) is 17.1 Å². The molecule has 2 aromatic rings. The molecule has 3 nitrogen and oxygen atoms in total. The quantitative estimate of drug-likeness (QED) is 0.693. The van der Waals surface area contributed by atoms with E-state index in [1.807, 2.05) is 0 Å². The number of aryl methyl sites for hydroxylation is 5. The molecule has 0 aliphatic carbocycles. The van der Waals surface area contributed by atoms with Crippen LogP contribution in [0.2, 0.25) is 0 Å². The maximum absolute atomic E-state index is 5.06. The molecule has 0 aliphatic rings. The number of benzene rings is 1. The zero-order valence-electron chi connectivity index (χ0n) is 17.0. The second-order valence-corrected chi connectivity index (χ2v) is 6.93. The number of hydrogen-bond acceptors (Lipinski definition) is 3. The molecule has 136 valence electrons. The van der Waals surface area contributed by atoms with Crippen LogP contribution in [0.15, 0.2) is 12.1 Å². The third-order valence-electron chi connectivity index (χ3n) is 5.13. The number of nitrogens with one attached hydrogen (secondary N) is 1. The van der Waals surface area contributed by atoms with Crippen LogP contribution in [0.4, 0.5) is 5.82 Å². The Morgan fingerprint density at radius 3 is 1.96 bits per heavy atom. The van der Waals surface area contributed by atoms with Gasteiger partial charge < -0.3 is 5.32 Å². The van der Waals surface area contributed by atoms with Crippen molar-refractivity contribution in [3.8, 4) is 11.3 Å². The van der Waals surface area contributed by atoms with Gasteiger partial charge in [0.15, 0.2) is 0 Å². The van der Waals surface area contributed by atoms with Gasteiger partial charge in [0, 0.05) is 11.6 Å². The van der Waals surface area contributed by atoms with E-state index in [-0.39, 0.29) is 0 Å². The fourth-order valence-corrected chi connectivity index (χ4v) is 3.23. The van der Waals surface area contributed by atoms with Gasteiger partial charge in [-0.15, -0.1) is 0 Å². The SMILES string of the molecule is CCc1nc(-c2cc(C)c(C)cc2C)c(CC)nc1NC(CC)CC. The van der Waals surface area contributed by atoms with Gasteiger partial charge >= 0.3 is 0 Å². The fraction of sp³-hybridized carbons (Fsp3) is 0.545. The predicted molar refractivity (Wildman–Crippen MR) is 108 cm³/mol. The molecule has 0 aliphatic heterocycles. The Hall–Kier alpha value is -1.90. The number of nitrogens with zero attached hydrogens (tertiary/aromatic N) is 2. The van der Waals surface area contributed by atoms with Crippen molar-refractivity contribution < 1.29 is 0 Å². The van der Waals surface area contributed by atoms with Crippen molar-refractivity contribution in [3.05, 3.63) is 40.2 Å². The van der Waals surface area contributed by atoms with E-state index in [9.17, 15) is 0 Å². The molecule has 0 fully saturated rings. The molecule has 0 amide bonds. The average molecular weight is 340 g/mol. The molecule has 1 N–H and O–H groups in total. The van der Waals surface area contributed by atoms with E-state index in [4.69, 9.17) is 9.97 Å². The molecular weight excluding hydrogens is 306 g/mol. The first kappa shape index (κ1) is 19.4. The van der Waals surface area contributed by atoms with Gasteiger partial charge in [-0.2, -0.15) is 0 Å². The van der Waals surface area contributed by atoms with Crippen LogP contribution in [0.25, 0.3) is 11.3 Å². The lowest BCUT2D eigenvalue weighted by atomic mass is 9.97. The van der Waals surface area contributed by atoms with Crippen LogP contribution in [0, 0.1) is 20.8 Å². The topological polar surface area (TPSA) is 37.8 Å². The summed E-state index contributed by atoms with van der Waals surface area (Å²) < 4.78 is 0. The third kappa shape index (κ3) is 4.20. The van der Waals surface area contributed by atoms with Crippen LogP contribution >= 0.6 is 0 Å². The lowest BCUT2D eigenvalue weighted by Crippen LogP contribution is -2.20. The van der Waals surface area contributed by atoms with Gasteiger partial charge in [-0.05, 0) is 69.2 Å². The van der Waals surface area contributed by atoms with Gasteiger partial charge in [0.1, 0.15) is 5.82 Å². The van der Waals surface area contributed by atoms with E-state index in [2.05, 4.69) is 65.9 Å². The van der Waals surface area contributed by atoms with Crippen molar-refractivity contribution >= 4 is 5.82 Å². The minimum atomic E-state index is 0.457. The summed E-state index contributed by atoms with van der Waals surface area (Å²) in [5.74, 6) is 0.971. The fourth-order valence-electron chi connectivity index (χ4n) is 3.23. The van der Waals surface area contributed by atoms with Crippen molar-refractivity contribution in [1.29, 1.82) is 0 Å². The molecule has 0 saturated carbocycles. The van der Waals surface area contributed by atoms with Crippen LogP contribution in [0.3, 0.4) is 0 Å². The molecule has 0 unspecified atom stereocenters. The molecule has 0 bridgehead atoms. The Morgan fingerprint density at radius 2 is 1.40 bits per heavy atom. The number of hydrogen-bond donors (Lipinski definition) is 1. The monoisotopic (exact) mass is 339 g/mol. The Labute approximate surface area is 153 Å². The highest BCUT2D eigenvalue weighted by molar-refractivity contribution is 5.69. The largest absolute Gasteiger partial charge is 0.366 e. The van der Waals surface area contributed by atoms with Crippen LogP contribution in [-0.2, 0) is 12.8 Å². The molecule has 0 spiro atoms. The molecule has 1 aromatic carbocycles. The Balaban J connectivity index is 2.58. The normalized spacial score (nSPS) is 11.2. The highest BCUT2D eigenvalue weighted by Crippen LogP contribution is 2.30. The van der Waals surface area contributed by atoms with Crippen molar-refractivity contribution in [2.45, 2.75) is 80.2 Å². The van der Waals surface area contributed by atoms with Gasteiger partial charge in [0.2, 0.25) is 0 Å².